The van der Waals surface area contributed by atoms with Crippen LogP contribution in [0.1, 0.15) is 39.0 Å². The van der Waals surface area contributed by atoms with E-state index in [2.05, 4.69) is 9.64 Å². The van der Waals surface area contributed by atoms with Crippen LogP contribution in [0.15, 0.2) is 0 Å². The molecule has 132 valence electrons. The van der Waals surface area contributed by atoms with Crippen LogP contribution in [0, 0.1) is 11.8 Å². The Morgan fingerprint density at radius 3 is 2.61 bits per heavy atom. The van der Waals surface area contributed by atoms with Crippen LogP contribution in [-0.4, -0.2) is 68.2 Å². The third-order valence-electron chi connectivity index (χ3n) is 5.55. The Balaban J connectivity index is 1.63. The number of piperidine rings is 2. The number of esters is 1. The van der Waals surface area contributed by atoms with Gasteiger partial charge in [0.2, 0.25) is 10.0 Å². The highest BCUT2D eigenvalue weighted by Crippen LogP contribution is 2.38. The molecule has 7 heteroatoms. The number of rotatable bonds is 5. The lowest BCUT2D eigenvalue weighted by Gasteiger charge is -2.47. The quantitative estimate of drug-likeness (QED) is 0.698. The van der Waals surface area contributed by atoms with Gasteiger partial charge < -0.3 is 4.74 Å². The number of methoxy groups -OCH3 is 1. The van der Waals surface area contributed by atoms with Gasteiger partial charge in [0, 0.05) is 25.2 Å². The molecule has 3 fully saturated rings. The number of sulfonamides is 1. The van der Waals surface area contributed by atoms with Gasteiger partial charge in [-0.2, -0.15) is 0 Å². The summed E-state index contributed by atoms with van der Waals surface area (Å²) in [5, 5.41) is 0. The molecule has 2 aliphatic heterocycles. The van der Waals surface area contributed by atoms with E-state index >= 15 is 0 Å². The van der Waals surface area contributed by atoms with E-state index in [1.807, 2.05) is 0 Å². The molecular formula is C16H28N2O4S. The first-order chi connectivity index (χ1) is 10.9. The fraction of sp³-hybridized carbons (Fsp3) is 0.938. The van der Waals surface area contributed by atoms with Gasteiger partial charge in [0.15, 0.2) is 0 Å². The molecule has 3 aliphatic rings. The Morgan fingerprint density at radius 2 is 1.96 bits per heavy atom. The van der Waals surface area contributed by atoms with E-state index in [-0.39, 0.29) is 5.75 Å². The summed E-state index contributed by atoms with van der Waals surface area (Å²) in [5.41, 5.74) is 0. The Kier molecular flexibility index (Phi) is 4.99. The summed E-state index contributed by atoms with van der Waals surface area (Å²) in [4.78, 5) is 14.1. The third kappa shape index (κ3) is 3.72. The second kappa shape index (κ2) is 6.69. The van der Waals surface area contributed by atoms with Crippen molar-refractivity contribution >= 4 is 16.0 Å². The molecule has 23 heavy (non-hydrogen) atoms. The number of carbonyl (C=O) groups is 1. The Bertz CT molecular complexity index is 546. The van der Waals surface area contributed by atoms with Crippen molar-refractivity contribution in [1.82, 2.24) is 9.21 Å². The SMILES string of the molecule is COC(=O)[C@H](C)CS(=O)(=O)N1CC[C@H]2[C@@H](CCCN2C2CC2)C1. The van der Waals surface area contributed by atoms with Crippen molar-refractivity contribution < 1.29 is 17.9 Å². The molecule has 1 aliphatic carbocycles. The lowest BCUT2D eigenvalue weighted by atomic mass is 9.84. The number of nitrogens with zero attached hydrogens (tertiary/aromatic N) is 2. The van der Waals surface area contributed by atoms with E-state index in [4.69, 9.17) is 0 Å². The lowest BCUT2D eigenvalue weighted by molar-refractivity contribution is -0.144. The number of likely N-dealkylation sites (tertiary alicyclic amines) is 1. The first kappa shape index (κ1) is 17.2. The maximum absolute atomic E-state index is 12.6. The third-order valence-corrected chi connectivity index (χ3v) is 7.59. The zero-order valence-electron chi connectivity index (χ0n) is 14.1. The van der Waals surface area contributed by atoms with Gasteiger partial charge in [-0.15, -0.1) is 0 Å². The summed E-state index contributed by atoms with van der Waals surface area (Å²) in [6.07, 6.45) is 5.83. The highest BCUT2D eigenvalue weighted by molar-refractivity contribution is 7.89. The average Bonchev–Trinajstić information content (AvgIpc) is 3.37. The van der Waals surface area contributed by atoms with Gasteiger partial charge >= 0.3 is 5.97 Å². The van der Waals surface area contributed by atoms with Gasteiger partial charge in [0.25, 0.3) is 0 Å². The standard InChI is InChI=1S/C16H28N2O4S/c1-12(16(19)22-2)11-23(20,21)17-9-7-15-13(10-17)4-3-8-18(15)14-5-6-14/h12-15H,3-11H2,1-2H3/t12-,13+,15+/m1/s1. The van der Waals surface area contributed by atoms with Gasteiger partial charge in [0.05, 0.1) is 18.8 Å². The van der Waals surface area contributed by atoms with Crippen LogP contribution in [0.2, 0.25) is 0 Å². The van der Waals surface area contributed by atoms with E-state index < -0.39 is 21.9 Å². The van der Waals surface area contributed by atoms with Crippen LogP contribution in [0.3, 0.4) is 0 Å². The van der Waals surface area contributed by atoms with Crippen LogP contribution in [0.5, 0.6) is 0 Å². The summed E-state index contributed by atoms with van der Waals surface area (Å²) in [5.74, 6) is -0.775. The molecule has 0 bridgehead atoms. The van der Waals surface area contributed by atoms with Crippen LogP contribution in [0.25, 0.3) is 0 Å². The molecule has 0 aromatic carbocycles. The molecule has 3 rings (SSSR count). The minimum atomic E-state index is -3.40. The number of ether oxygens (including phenoxy) is 1. The minimum absolute atomic E-state index is 0.149. The highest BCUT2D eigenvalue weighted by atomic mass is 32.2. The van der Waals surface area contributed by atoms with Crippen molar-refractivity contribution in [2.75, 3.05) is 32.5 Å². The molecule has 2 heterocycles. The number of fused-ring (bicyclic) bond motifs is 1. The van der Waals surface area contributed by atoms with E-state index in [9.17, 15) is 13.2 Å². The monoisotopic (exact) mass is 344 g/mol. The van der Waals surface area contributed by atoms with Crippen molar-refractivity contribution in [3.05, 3.63) is 0 Å². The van der Waals surface area contributed by atoms with Crippen LogP contribution >= 0.6 is 0 Å². The minimum Gasteiger partial charge on any atom is -0.469 e. The van der Waals surface area contributed by atoms with Crippen molar-refractivity contribution in [2.45, 2.75) is 51.1 Å². The highest BCUT2D eigenvalue weighted by Gasteiger charge is 2.44. The topological polar surface area (TPSA) is 66.9 Å². The summed E-state index contributed by atoms with van der Waals surface area (Å²) in [7, 11) is -2.10. The number of hydrogen-bond acceptors (Lipinski definition) is 5. The maximum Gasteiger partial charge on any atom is 0.309 e. The largest absolute Gasteiger partial charge is 0.469 e. The smallest absolute Gasteiger partial charge is 0.309 e. The first-order valence-corrected chi connectivity index (χ1v) is 10.3. The predicted molar refractivity (Wildman–Crippen MR) is 87.4 cm³/mol. The molecule has 0 spiro atoms. The van der Waals surface area contributed by atoms with Gasteiger partial charge in [-0.25, -0.2) is 12.7 Å². The molecular weight excluding hydrogens is 316 g/mol. The molecule has 0 radical (unpaired) electrons. The summed E-state index contributed by atoms with van der Waals surface area (Å²) < 4.78 is 31.5. The van der Waals surface area contributed by atoms with Crippen molar-refractivity contribution in [2.24, 2.45) is 11.8 Å². The molecule has 0 N–H and O–H groups in total. The lowest BCUT2D eigenvalue weighted by Crippen LogP contribution is -2.56. The van der Waals surface area contributed by atoms with Gasteiger partial charge in [-0.05, 0) is 44.6 Å². The van der Waals surface area contributed by atoms with Gasteiger partial charge in [-0.1, -0.05) is 6.92 Å². The summed E-state index contributed by atoms with van der Waals surface area (Å²) in [6, 6.07) is 1.31. The van der Waals surface area contributed by atoms with E-state index in [1.54, 1.807) is 11.2 Å². The zero-order valence-corrected chi connectivity index (χ0v) is 14.9. The maximum atomic E-state index is 12.6. The van der Waals surface area contributed by atoms with Crippen LogP contribution in [-0.2, 0) is 19.6 Å². The normalized spacial score (nSPS) is 31.4. The second-order valence-electron chi connectivity index (χ2n) is 7.29. The van der Waals surface area contributed by atoms with Crippen LogP contribution in [0.4, 0.5) is 0 Å². The molecule has 3 atom stereocenters. The predicted octanol–water partition coefficient (Wildman–Crippen LogP) is 1.07. The molecule has 0 amide bonds. The average molecular weight is 344 g/mol. The zero-order chi connectivity index (χ0) is 16.6. The van der Waals surface area contributed by atoms with E-state index in [0.717, 1.165) is 18.9 Å². The molecule has 2 saturated heterocycles. The van der Waals surface area contributed by atoms with Gasteiger partial charge in [0.1, 0.15) is 0 Å². The molecule has 0 aromatic rings. The van der Waals surface area contributed by atoms with E-state index in [1.165, 1.54) is 32.9 Å². The first-order valence-electron chi connectivity index (χ1n) is 8.74. The summed E-state index contributed by atoms with van der Waals surface area (Å²) in [6.45, 7) is 3.99. The second-order valence-corrected chi connectivity index (χ2v) is 9.30. The van der Waals surface area contributed by atoms with E-state index in [0.29, 0.717) is 25.0 Å². The van der Waals surface area contributed by atoms with Crippen molar-refractivity contribution in [3.63, 3.8) is 0 Å². The molecule has 0 aromatic heterocycles. The Morgan fingerprint density at radius 1 is 1.22 bits per heavy atom. The number of hydrogen-bond donors (Lipinski definition) is 0. The van der Waals surface area contributed by atoms with Crippen LogP contribution < -0.4 is 0 Å². The Labute approximate surface area is 139 Å². The van der Waals surface area contributed by atoms with Crippen molar-refractivity contribution in [1.29, 1.82) is 0 Å². The molecule has 0 unspecified atom stereocenters. The fourth-order valence-corrected chi connectivity index (χ4v) is 5.99. The fourth-order valence-electron chi connectivity index (χ4n) is 4.21. The molecule has 6 nitrogen and oxygen atoms in total. The Hall–Kier alpha value is -0.660. The molecule has 1 saturated carbocycles. The summed E-state index contributed by atoms with van der Waals surface area (Å²) >= 11 is 0. The number of carbonyl (C=O) groups excluding carboxylic acids is 1. The van der Waals surface area contributed by atoms with Crippen molar-refractivity contribution in [3.8, 4) is 0 Å². The van der Waals surface area contributed by atoms with Gasteiger partial charge in [-0.3, -0.25) is 9.69 Å².